The van der Waals surface area contributed by atoms with Crippen LogP contribution in [0.2, 0.25) is 0 Å². The van der Waals surface area contributed by atoms with Crippen LogP contribution in [0.1, 0.15) is 23.7 Å². The molecule has 0 heterocycles. The van der Waals surface area contributed by atoms with Crippen molar-refractivity contribution in [2.45, 2.75) is 13.3 Å². The Kier molecular flexibility index (Phi) is 3.34. The van der Waals surface area contributed by atoms with Gasteiger partial charge in [-0.25, -0.2) is 0 Å². The molecule has 0 aliphatic carbocycles. The number of carbonyl (C=O) groups excluding carboxylic acids is 1. The maximum Gasteiger partial charge on any atom is 0.250 e. The van der Waals surface area contributed by atoms with Gasteiger partial charge in [0.25, 0.3) is 5.91 Å². The first kappa shape index (κ1) is 10.4. The molecular weight excluding hydrogens is 178 g/mol. The Bertz CT molecular complexity index is 336. The summed E-state index contributed by atoms with van der Waals surface area (Å²) in [5.74, 6) is -0.498. The number of rotatable bonds is 4. The Morgan fingerprint density at radius 2 is 2.21 bits per heavy atom. The molecule has 0 aliphatic rings. The van der Waals surface area contributed by atoms with Crippen molar-refractivity contribution in [3.63, 3.8) is 0 Å². The fraction of sp³-hybridized carbons (Fsp3) is 0.300. The number of primary amides is 1. The van der Waals surface area contributed by atoms with Gasteiger partial charge in [-0.1, -0.05) is 13.0 Å². The van der Waals surface area contributed by atoms with Crippen molar-refractivity contribution in [3.05, 3.63) is 23.8 Å². The van der Waals surface area contributed by atoms with Crippen molar-refractivity contribution in [1.82, 2.24) is 0 Å². The molecule has 4 heteroatoms. The van der Waals surface area contributed by atoms with Crippen LogP contribution >= 0.6 is 0 Å². The second-order valence-corrected chi connectivity index (χ2v) is 3.06. The number of nitrogens with one attached hydrogen (secondary N) is 1. The summed E-state index contributed by atoms with van der Waals surface area (Å²) in [5.41, 5.74) is 12.5. The van der Waals surface area contributed by atoms with Crippen LogP contribution in [0.3, 0.4) is 0 Å². The number of carbonyl (C=O) groups is 1. The summed E-state index contributed by atoms with van der Waals surface area (Å²) >= 11 is 0. The number of hydrogen-bond acceptors (Lipinski definition) is 3. The molecule has 4 nitrogen and oxygen atoms in total. The molecular formula is C10H15N3O. The van der Waals surface area contributed by atoms with Gasteiger partial charge < -0.3 is 16.8 Å². The van der Waals surface area contributed by atoms with E-state index in [0.29, 0.717) is 11.3 Å². The van der Waals surface area contributed by atoms with Crippen LogP contribution in [0, 0.1) is 0 Å². The van der Waals surface area contributed by atoms with Crippen molar-refractivity contribution in [1.29, 1.82) is 0 Å². The maximum absolute atomic E-state index is 11.0. The summed E-state index contributed by atoms with van der Waals surface area (Å²) in [4.78, 5) is 11.0. The first-order valence-corrected chi connectivity index (χ1v) is 4.59. The first-order chi connectivity index (χ1) is 6.66. The monoisotopic (exact) mass is 193 g/mol. The quantitative estimate of drug-likeness (QED) is 0.628. The smallest absolute Gasteiger partial charge is 0.250 e. The lowest BCUT2D eigenvalue weighted by Gasteiger charge is -2.10. The van der Waals surface area contributed by atoms with Gasteiger partial charge in [0.15, 0.2) is 0 Å². The number of para-hydroxylation sites is 1. The average Bonchev–Trinajstić information content (AvgIpc) is 2.16. The second kappa shape index (κ2) is 4.50. The predicted octanol–water partition coefficient (Wildman–Crippen LogP) is 1.19. The molecule has 0 unspecified atom stereocenters. The van der Waals surface area contributed by atoms with Crippen molar-refractivity contribution in [2.75, 3.05) is 17.6 Å². The van der Waals surface area contributed by atoms with Gasteiger partial charge in [-0.3, -0.25) is 4.79 Å². The highest BCUT2D eigenvalue weighted by Crippen LogP contribution is 2.21. The third kappa shape index (κ3) is 2.16. The minimum Gasteiger partial charge on any atom is -0.396 e. The normalized spacial score (nSPS) is 9.79. The standard InChI is InChI=1S/C10H15N3O/c1-2-6-13-8-5-3-4-7(9(8)11)10(12)14/h3-5,13H,2,6,11H2,1H3,(H2,12,14). The number of nitrogen functional groups attached to an aromatic ring is 1. The number of benzene rings is 1. The summed E-state index contributed by atoms with van der Waals surface area (Å²) in [6.07, 6.45) is 1.00. The largest absolute Gasteiger partial charge is 0.396 e. The minimum atomic E-state index is -0.498. The van der Waals surface area contributed by atoms with Gasteiger partial charge in [-0.15, -0.1) is 0 Å². The van der Waals surface area contributed by atoms with E-state index in [1.165, 1.54) is 0 Å². The van der Waals surface area contributed by atoms with Crippen LogP contribution in [-0.2, 0) is 0 Å². The molecule has 0 aromatic heterocycles. The van der Waals surface area contributed by atoms with E-state index in [1.54, 1.807) is 12.1 Å². The topological polar surface area (TPSA) is 81.1 Å². The van der Waals surface area contributed by atoms with E-state index in [0.717, 1.165) is 18.7 Å². The zero-order chi connectivity index (χ0) is 10.6. The number of hydrogen-bond donors (Lipinski definition) is 3. The lowest BCUT2D eigenvalue weighted by atomic mass is 10.1. The molecule has 1 aromatic rings. The molecule has 0 atom stereocenters. The minimum absolute atomic E-state index is 0.367. The van der Waals surface area contributed by atoms with Crippen LogP contribution in [0.4, 0.5) is 11.4 Å². The van der Waals surface area contributed by atoms with Crippen LogP contribution in [-0.4, -0.2) is 12.5 Å². The van der Waals surface area contributed by atoms with E-state index in [9.17, 15) is 4.79 Å². The molecule has 76 valence electrons. The first-order valence-electron chi connectivity index (χ1n) is 4.59. The summed E-state index contributed by atoms with van der Waals surface area (Å²) < 4.78 is 0. The van der Waals surface area contributed by atoms with Crippen molar-refractivity contribution < 1.29 is 4.79 Å². The molecule has 5 N–H and O–H groups in total. The van der Waals surface area contributed by atoms with Gasteiger partial charge in [0, 0.05) is 6.54 Å². The van der Waals surface area contributed by atoms with Gasteiger partial charge >= 0.3 is 0 Å². The van der Waals surface area contributed by atoms with E-state index in [-0.39, 0.29) is 0 Å². The van der Waals surface area contributed by atoms with E-state index >= 15 is 0 Å². The molecule has 1 aromatic carbocycles. The van der Waals surface area contributed by atoms with Crippen molar-refractivity contribution in [3.8, 4) is 0 Å². The molecule has 0 spiro atoms. The fourth-order valence-corrected chi connectivity index (χ4v) is 1.19. The van der Waals surface area contributed by atoms with Gasteiger partial charge in [0.05, 0.1) is 16.9 Å². The zero-order valence-electron chi connectivity index (χ0n) is 8.21. The molecule has 0 radical (unpaired) electrons. The molecule has 0 fully saturated rings. The van der Waals surface area contributed by atoms with Gasteiger partial charge in [0.2, 0.25) is 0 Å². The average molecular weight is 193 g/mol. The summed E-state index contributed by atoms with van der Waals surface area (Å²) in [6, 6.07) is 5.21. The Balaban J connectivity index is 2.95. The van der Waals surface area contributed by atoms with Crippen molar-refractivity contribution >= 4 is 17.3 Å². The van der Waals surface area contributed by atoms with Crippen LogP contribution in [0.5, 0.6) is 0 Å². The lowest BCUT2D eigenvalue weighted by molar-refractivity contribution is 0.100. The van der Waals surface area contributed by atoms with Crippen molar-refractivity contribution in [2.24, 2.45) is 5.73 Å². The van der Waals surface area contributed by atoms with E-state index in [2.05, 4.69) is 12.2 Å². The van der Waals surface area contributed by atoms with Gasteiger partial charge in [0.1, 0.15) is 0 Å². The maximum atomic E-state index is 11.0. The second-order valence-electron chi connectivity index (χ2n) is 3.06. The molecule has 0 saturated heterocycles. The highest BCUT2D eigenvalue weighted by atomic mass is 16.1. The van der Waals surface area contributed by atoms with Crippen LogP contribution in [0.25, 0.3) is 0 Å². The number of anilines is 2. The molecule has 1 rings (SSSR count). The Labute approximate surface area is 83.3 Å². The Morgan fingerprint density at radius 3 is 2.79 bits per heavy atom. The molecule has 0 saturated carbocycles. The zero-order valence-corrected chi connectivity index (χ0v) is 8.21. The molecule has 14 heavy (non-hydrogen) atoms. The number of amides is 1. The summed E-state index contributed by atoms with van der Waals surface area (Å²) in [5, 5.41) is 3.13. The molecule has 1 amide bonds. The Morgan fingerprint density at radius 1 is 1.50 bits per heavy atom. The van der Waals surface area contributed by atoms with Crippen LogP contribution < -0.4 is 16.8 Å². The van der Waals surface area contributed by atoms with Gasteiger partial charge in [-0.2, -0.15) is 0 Å². The Hall–Kier alpha value is -1.71. The van der Waals surface area contributed by atoms with E-state index < -0.39 is 5.91 Å². The lowest BCUT2D eigenvalue weighted by Crippen LogP contribution is -2.15. The highest BCUT2D eigenvalue weighted by molar-refractivity contribution is 6.00. The summed E-state index contributed by atoms with van der Waals surface area (Å²) in [7, 11) is 0. The SMILES string of the molecule is CCCNc1cccc(C(N)=O)c1N. The predicted molar refractivity (Wildman–Crippen MR) is 58.2 cm³/mol. The highest BCUT2D eigenvalue weighted by Gasteiger charge is 2.08. The third-order valence-corrected chi connectivity index (χ3v) is 1.94. The van der Waals surface area contributed by atoms with Crippen LogP contribution in [0.15, 0.2) is 18.2 Å². The molecule has 0 bridgehead atoms. The third-order valence-electron chi connectivity index (χ3n) is 1.94. The van der Waals surface area contributed by atoms with Gasteiger partial charge in [-0.05, 0) is 18.6 Å². The molecule has 0 aliphatic heterocycles. The number of nitrogens with two attached hydrogens (primary N) is 2. The summed E-state index contributed by atoms with van der Waals surface area (Å²) in [6.45, 7) is 2.88. The van der Waals surface area contributed by atoms with E-state index in [1.807, 2.05) is 6.07 Å². The fourth-order valence-electron chi connectivity index (χ4n) is 1.19. The van der Waals surface area contributed by atoms with E-state index in [4.69, 9.17) is 11.5 Å².